The summed E-state index contributed by atoms with van der Waals surface area (Å²) in [6.45, 7) is 3.81. The highest BCUT2D eigenvalue weighted by molar-refractivity contribution is 5.96. The van der Waals surface area contributed by atoms with Crippen molar-refractivity contribution in [2.45, 2.75) is 0 Å². The number of primary amides is 1. The monoisotopic (exact) mass is 398 g/mol. The van der Waals surface area contributed by atoms with E-state index in [1.807, 2.05) is 24.4 Å². The molecule has 150 valence electrons. The van der Waals surface area contributed by atoms with Crippen molar-refractivity contribution in [3.05, 3.63) is 72.4 Å². The number of nitrogens with two attached hydrogens (primary N) is 1. The van der Waals surface area contributed by atoms with Gasteiger partial charge in [-0.2, -0.15) is 0 Å². The number of hydrogen-bond acceptors (Lipinski definition) is 5. The second-order valence-corrected chi connectivity index (χ2v) is 7.39. The van der Waals surface area contributed by atoms with Gasteiger partial charge in [0.15, 0.2) is 0 Å². The van der Waals surface area contributed by atoms with E-state index in [0.717, 1.165) is 54.4 Å². The van der Waals surface area contributed by atoms with Crippen LogP contribution < -0.4 is 15.5 Å². The van der Waals surface area contributed by atoms with Crippen molar-refractivity contribution in [3.63, 3.8) is 0 Å². The average molecular weight is 398 g/mol. The van der Waals surface area contributed by atoms with Crippen LogP contribution in [0.2, 0.25) is 0 Å². The van der Waals surface area contributed by atoms with Crippen molar-refractivity contribution < 1.29 is 4.79 Å². The Morgan fingerprint density at radius 1 is 0.933 bits per heavy atom. The molecule has 1 amide bonds. The number of anilines is 2. The van der Waals surface area contributed by atoms with Gasteiger partial charge < -0.3 is 20.5 Å². The van der Waals surface area contributed by atoms with Crippen LogP contribution in [0, 0.1) is 0 Å². The van der Waals surface area contributed by atoms with Crippen LogP contribution in [0.3, 0.4) is 0 Å². The molecule has 2 aromatic heterocycles. The molecule has 4 aromatic rings. The molecule has 30 heavy (non-hydrogen) atoms. The molecule has 1 saturated heterocycles. The Bertz CT molecular complexity index is 1180. The number of rotatable bonds is 4. The van der Waals surface area contributed by atoms with Crippen LogP contribution in [0.25, 0.3) is 22.4 Å². The average Bonchev–Trinajstić information content (AvgIpc) is 3.23. The lowest BCUT2D eigenvalue weighted by atomic mass is 10.1. The highest BCUT2D eigenvalue weighted by Gasteiger charge is 2.18. The number of pyridine rings is 1. The Morgan fingerprint density at radius 3 is 2.40 bits per heavy atom. The van der Waals surface area contributed by atoms with Crippen molar-refractivity contribution in [1.29, 1.82) is 0 Å². The highest BCUT2D eigenvalue weighted by atomic mass is 16.1. The zero-order chi connectivity index (χ0) is 20.5. The SMILES string of the molecule is NC(=O)c1ccc2[nH]c(-c3ccc(N4CCN(c5ccccn5)CC4)cc3)nc2c1. The van der Waals surface area contributed by atoms with Gasteiger partial charge in [-0.3, -0.25) is 4.79 Å². The fraction of sp³-hybridized carbons (Fsp3) is 0.174. The standard InChI is InChI=1S/C23H22N6O/c24-22(30)17-6-9-19-20(15-17)27-23(26-19)16-4-7-18(8-5-16)28-11-13-29(14-12-28)21-3-1-2-10-25-21/h1-10,15H,11-14H2,(H2,24,30)(H,26,27). The van der Waals surface area contributed by atoms with Crippen LogP contribution >= 0.6 is 0 Å². The topological polar surface area (TPSA) is 91.1 Å². The van der Waals surface area contributed by atoms with Crippen molar-refractivity contribution in [2.24, 2.45) is 5.73 Å². The summed E-state index contributed by atoms with van der Waals surface area (Å²) in [4.78, 5) is 28.5. The van der Waals surface area contributed by atoms with E-state index in [9.17, 15) is 4.79 Å². The van der Waals surface area contributed by atoms with Crippen LogP contribution in [-0.4, -0.2) is 47.0 Å². The van der Waals surface area contributed by atoms with Crippen LogP contribution in [0.4, 0.5) is 11.5 Å². The summed E-state index contributed by atoms with van der Waals surface area (Å²) in [5.41, 5.74) is 9.64. The number of nitrogens with one attached hydrogen (secondary N) is 1. The van der Waals surface area contributed by atoms with Crippen LogP contribution in [0.1, 0.15) is 10.4 Å². The lowest BCUT2D eigenvalue weighted by Gasteiger charge is -2.36. The molecule has 7 heteroatoms. The first-order chi connectivity index (χ1) is 14.7. The number of hydrogen-bond donors (Lipinski definition) is 2. The predicted octanol–water partition coefficient (Wildman–Crippen LogP) is 3.05. The normalized spacial score (nSPS) is 14.3. The van der Waals surface area contributed by atoms with Gasteiger partial charge in [0, 0.05) is 49.2 Å². The van der Waals surface area contributed by atoms with Gasteiger partial charge in [0.25, 0.3) is 0 Å². The number of aromatic nitrogens is 3. The number of fused-ring (bicyclic) bond motifs is 1. The molecule has 1 fully saturated rings. The zero-order valence-electron chi connectivity index (χ0n) is 16.5. The summed E-state index contributed by atoms with van der Waals surface area (Å²) < 4.78 is 0. The van der Waals surface area contributed by atoms with E-state index in [4.69, 9.17) is 5.73 Å². The number of nitrogens with zero attached hydrogens (tertiary/aromatic N) is 4. The Hall–Kier alpha value is -3.87. The quantitative estimate of drug-likeness (QED) is 0.551. The van der Waals surface area contributed by atoms with E-state index >= 15 is 0 Å². The van der Waals surface area contributed by atoms with Gasteiger partial charge in [-0.25, -0.2) is 9.97 Å². The first kappa shape index (κ1) is 18.2. The maximum atomic E-state index is 11.4. The van der Waals surface area contributed by atoms with E-state index in [2.05, 4.69) is 55.1 Å². The smallest absolute Gasteiger partial charge is 0.248 e. The summed E-state index contributed by atoms with van der Waals surface area (Å²) in [5.74, 6) is 1.36. The number of carbonyl (C=O) groups excluding carboxylic acids is 1. The number of H-pyrrole nitrogens is 1. The van der Waals surface area contributed by atoms with Gasteiger partial charge in [0.1, 0.15) is 11.6 Å². The van der Waals surface area contributed by atoms with Crippen molar-refractivity contribution in [3.8, 4) is 11.4 Å². The second kappa shape index (κ2) is 7.51. The molecule has 7 nitrogen and oxygen atoms in total. The second-order valence-electron chi connectivity index (χ2n) is 7.39. The number of benzene rings is 2. The minimum Gasteiger partial charge on any atom is -0.368 e. The van der Waals surface area contributed by atoms with E-state index in [-0.39, 0.29) is 0 Å². The highest BCUT2D eigenvalue weighted by Crippen LogP contribution is 2.25. The van der Waals surface area contributed by atoms with E-state index < -0.39 is 5.91 Å². The lowest BCUT2D eigenvalue weighted by Crippen LogP contribution is -2.46. The fourth-order valence-electron chi connectivity index (χ4n) is 3.86. The molecule has 0 spiro atoms. The molecule has 1 aliphatic heterocycles. The van der Waals surface area contributed by atoms with Gasteiger partial charge in [-0.15, -0.1) is 0 Å². The summed E-state index contributed by atoms with van der Waals surface area (Å²) in [6.07, 6.45) is 1.84. The summed E-state index contributed by atoms with van der Waals surface area (Å²) in [5, 5.41) is 0. The van der Waals surface area contributed by atoms with Gasteiger partial charge in [-0.05, 0) is 54.6 Å². The van der Waals surface area contributed by atoms with Crippen molar-refractivity contribution in [1.82, 2.24) is 15.0 Å². The number of carbonyl (C=O) groups is 1. The van der Waals surface area contributed by atoms with Crippen molar-refractivity contribution in [2.75, 3.05) is 36.0 Å². The maximum absolute atomic E-state index is 11.4. The largest absolute Gasteiger partial charge is 0.368 e. The van der Waals surface area contributed by atoms with Gasteiger partial charge in [0.05, 0.1) is 11.0 Å². The number of imidazole rings is 1. The summed E-state index contributed by atoms with van der Waals surface area (Å²) in [6, 6.07) is 19.7. The molecule has 1 aliphatic rings. The Balaban J connectivity index is 1.30. The zero-order valence-corrected chi connectivity index (χ0v) is 16.5. The molecular formula is C23H22N6O. The summed E-state index contributed by atoms with van der Waals surface area (Å²) >= 11 is 0. The fourth-order valence-corrected chi connectivity index (χ4v) is 3.86. The molecule has 0 radical (unpaired) electrons. The van der Waals surface area contributed by atoms with E-state index in [1.54, 1.807) is 12.1 Å². The van der Waals surface area contributed by atoms with Gasteiger partial charge in [-0.1, -0.05) is 6.07 Å². The minimum absolute atomic E-state index is 0.450. The van der Waals surface area contributed by atoms with Gasteiger partial charge in [0.2, 0.25) is 5.91 Å². The molecule has 2 aromatic carbocycles. The Labute approximate surface area is 174 Å². The first-order valence-electron chi connectivity index (χ1n) is 9.98. The predicted molar refractivity (Wildman–Crippen MR) is 119 cm³/mol. The molecule has 0 bridgehead atoms. The van der Waals surface area contributed by atoms with Crippen LogP contribution in [0.5, 0.6) is 0 Å². The maximum Gasteiger partial charge on any atom is 0.248 e. The van der Waals surface area contributed by atoms with E-state index in [1.165, 1.54) is 5.69 Å². The van der Waals surface area contributed by atoms with Crippen LogP contribution in [0.15, 0.2) is 66.9 Å². The molecule has 0 atom stereocenters. The molecule has 0 unspecified atom stereocenters. The van der Waals surface area contributed by atoms with Crippen molar-refractivity contribution >= 4 is 28.4 Å². The third kappa shape index (κ3) is 3.45. The molecule has 0 aliphatic carbocycles. The third-order valence-electron chi connectivity index (χ3n) is 5.53. The van der Waals surface area contributed by atoms with Gasteiger partial charge >= 0.3 is 0 Å². The molecule has 3 N–H and O–H groups in total. The first-order valence-corrected chi connectivity index (χ1v) is 9.98. The molecule has 3 heterocycles. The third-order valence-corrected chi connectivity index (χ3v) is 5.53. The number of aromatic amines is 1. The Kier molecular flexibility index (Phi) is 4.55. The van der Waals surface area contributed by atoms with E-state index in [0.29, 0.717) is 5.56 Å². The molecule has 0 saturated carbocycles. The lowest BCUT2D eigenvalue weighted by molar-refractivity contribution is 0.100. The number of amides is 1. The van der Waals surface area contributed by atoms with Crippen LogP contribution in [-0.2, 0) is 0 Å². The molecule has 5 rings (SSSR count). The Morgan fingerprint density at radius 2 is 1.70 bits per heavy atom. The molecular weight excluding hydrogens is 376 g/mol. The number of piperazine rings is 1. The minimum atomic E-state index is -0.450. The summed E-state index contributed by atoms with van der Waals surface area (Å²) in [7, 11) is 0.